The Balaban J connectivity index is 0.731. The van der Waals surface area contributed by atoms with Crippen LogP contribution in [0.2, 0.25) is 0 Å². The van der Waals surface area contributed by atoms with Gasteiger partial charge >= 0.3 is 6.03 Å². The number of ether oxygens (including phenoxy) is 3. The fraction of sp³-hybridized carbons (Fsp3) is 0.360. The Bertz CT molecular complexity index is 2590. The molecule has 3 aromatic carbocycles. The maximum absolute atomic E-state index is 13.9. The van der Waals surface area contributed by atoms with Gasteiger partial charge in [0.25, 0.3) is 11.8 Å². The number of anilines is 3. The van der Waals surface area contributed by atoms with Crippen molar-refractivity contribution in [2.24, 2.45) is 0 Å². The molecule has 2 aliphatic heterocycles. The molecule has 5 aromatic rings. The molecule has 0 radical (unpaired) electrons. The molecule has 1 saturated heterocycles. The van der Waals surface area contributed by atoms with Gasteiger partial charge in [-0.1, -0.05) is 48.5 Å². The Kier molecular flexibility index (Phi) is 15.8. The Morgan fingerprint density at radius 2 is 1.54 bits per heavy atom. The third kappa shape index (κ3) is 11.7. The van der Waals surface area contributed by atoms with E-state index in [1.807, 2.05) is 82.6 Å². The number of aromatic nitrogens is 3. The molecular weight excluding hydrogens is 869 g/mol. The Morgan fingerprint density at radius 1 is 0.794 bits per heavy atom. The molecule has 18 heteroatoms. The number of fused-ring (bicyclic) bond motifs is 1. The van der Waals surface area contributed by atoms with E-state index >= 15 is 0 Å². The minimum atomic E-state index is -1.02. The number of hydrogen-bond acceptors (Lipinski definition) is 13. The first-order valence-electron chi connectivity index (χ1n) is 22.9. The molecule has 18 nitrogen and oxygen atoms in total. The van der Waals surface area contributed by atoms with Crippen molar-refractivity contribution >= 4 is 46.9 Å². The largest absolute Gasteiger partial charge is 0.382 e. The van der Waals surface area contributed by atoms with E-state index in [1.165, 1.54) is 0 Å². The summed E-state index contributed by atoms with van der Waals surface area (Å²) in [6, 6.07) is 27.6. The summed E-state index contributed by atoms with van der Waals surface area (Å²) < 4.78 is 18.9. The Hall–Kier alpha value is -7.46. The number of carbonyl (C=O) groups excluding carboxylic acids is 5. The molecule has 68 heavy (non-hydrogen) atoms. The van der Waals surface area contributed by atoms with Gasteiger partial charge in [0.05, 0.1) is 69.1 Å². The van der Waals surface area contributed by atoms with Crippen LogP contribution in [0.25, 0.3) is 11.1 Å². The molecule has 0 spiro atoms. The molecular formula is C50H54N10O8. The lowest BCUT2D eigenvalue weighted by atomic mass is 9.89. The summed E-state index contributed by atoms with van der Waals surface area (Å²) in [4.78, 5) is 71.4. The van der Waals surface area contributed by atoms with Crippen molar-refractivity contribution in [2.75, 3.05) is 61.7 Å². The summed E-state index contributed by atoms with van der Waals surface area (Å²) >= 11 is 0. The van der Waals surface area contributed by atoms with Crippen LogP contribution in [-0.2, 0) is 36.9 Å². The number of urea groups is 1. The first kappa shape index (κ1) is 47.0. The molecule has 1 unspecified atom stereocenters. The second-order valence-corrected chi connectivity index (χ2v) is 16.7. The summed E-state index contributed by atoms with van der Waals surface area (Å²) in [6.07, 6.45) is 8.88. The molecule has 0 bridgehead atoms. The number of piperidine rings is 1. The highest BCUT2D eigenvalue weighted by molar-refractivity contribution is 6.25. The van der Waals surface area contributed by atoms with E-state index in [0.29, 0.717) is 70.5 Å². The zero-order valence-electron chi connectivity index (χ0n) is 37.6. The standard InChI is InChI=1S/C50H54N10O8/c51-29-35-9-19-44(53-31-35)56-38-12-16-40(17-13-38)59(50(65)54-30-34-5-2-1-3-6-34)39-14-10-36(11-15-39)37-32-55-58(33-37)22-24-67-26-28-68-27-25-66-23-21-52-42-8-4-7-41-46(42)49(64)60(48(41)63)43-18-20-45(61)57-47(43)62/h1-11,14-15,19,31-33,38,40,43,52H,12-13,16-18,20-28,30H2,(H,53,56)(H,54,65)(H,57,61,62)/t38-,40-,43?. The monoisotopic (exact) mass is 922 g/mol. The lowest BCUT2D eigenvalue weighted by Crippen LogP contribution is -2.54. The summed E-state index contributed by atoms with van der Waals surface area (Å²) in [5.41, 5.74) is 5.18. The predicted octanol–water partition coefficient (Wildman–Crippen LogP) is 5.52. The smallest absolute Gasteiger partial charge is 0.322 e. The first-order valence-corrected chi connectivity index (χ1v) is 22.9. The highest BCUT2D eigenvalue weighted by Crippen LogP contribution is 2.33. The van der Waals surface area contributed by atoms with Crippen molar-refractivity contribution in [1.29, 1.82) is 5.26 Å². The maximum atomic E-state index is 13.9. The van der Waals surface area contributed by atoms with Crippen LogP contribution >= 0.6 is 0 Å². The Labute approximate surface area is 393 Å². The lowest BCUT2D eigenvalue weighted by molar-refractivity contribution is -0.136. The van der Waals surface area contributed by atoms with E-state index in [4.69, 9.17) is 19.5 Å². The van der Waals surface area contributed by atoms with Crippen LogP contribution in [0.4, 0.5) is 22.0 Å². The van der Waals surface area contributed by atoms with Gasteiger partial charge in [-0.3, -0.25) is 39.0 Å². The first-order chi connectivity index (χ1) is 33.2. The average Bonchev–Trinajstić information content (AvgIpc) is 3.94. The molecule has 1 saturated carbocycles. The predicted molar refractivity (Wildman–Crippen MR) is 251 cm³/mol. The van der Waals surface area contributed by atoms with E-state index < -0.39 is 29.7 Å². The lowest BCUT2D eigenvalue weighted by Gasteiger charge is -2.37. The summed E-state index contributed by atoms with van der Waals surface area (Å²) in [5, 5.41) is 25.6. The quantitative estimate of drug-likeness (QED) is 0.0527. The van der Waals surface area contributed by atoms with E-state index in [9.17, 15) is 24.0 Å². The number of carbonyl (C=O) groups is 5. The number of benzene rings is 3. The highest BCUT2D eigenvalue weighted by Gasteiger charge is 2.45. The molecule has 1 aliphatic carbocycles. The van der Waals surface area contributed by atoms with Crippen molar-refractivity contribution < 1.29 is 38.2 Å². The van der Waals surface area contributed by atoms with Crippen LogP contribution in [0.3, 0.4) is 0 Å². The van der Waals surface area contributed by atoms with E-state index in [0.717, 1.165) is 58.8 Å². The van der Waals surface area contributed by atoms with Crippen molar-refractivity contribution in [3.8, 4) is 17.2 Å². The minimum Gasteiger partial charge on any atom is -0.382 e. The van der Waals surface area contributed by atoms with Gasteiger partial charge in [0.15, 0.2) is 0 Å². The summed E-state index contributed by atoms with van der Waals surface area (Å²) in [6.45, 7) is 3.64. The second-order valence-electron chi connectivity index (χ2n) is 16.7. The molecule has 8 rings (SSSR count). The fourth-order valence-corrected chi connectivity index (χ4v) is 8.65. The number of hydrogen-bond donors (Lipinski definition) is 4. The SMILES string of the molecule is N#Cc1ccc(N[C@H]2CC[C@H](N(C(=O)NCc3ccccc3)c3ccc(-c4cnn(CCOCCOCCOCCNc5cccc6c5C(=O)N(C5CCC(=O)NC5=O)C6=O)c4)cc3)CC2)nc1. The number of imide groups is 2. The molecule has 2 aromatic heterocycles. The van der Waals surface area contributed by atoms with Gasteiger partial charge in [-0.05, 0) is 79.6 Å². The number of nitrogens with one attached hydrogen (secondary N) is 4. The van der Waals surface area contributed by atoms with Crippen molar-refractivity contribution in [1.82, 2.24) is 30.3 Å². The topological polar surface area (TPSA) is 222 Å². The highest BCUT2D eigenvalue weighted by atomic mass is 16.5. The van der Waals surface area contributed by atoms with Crippen molar-refractivity contribution in [3.63, 3.8) is 0 Å². The van der Waals surface area contributed by atoms with Gasteiger partial charge in [-0.2, -0.15) is 10.4 Å². The zero-order valence-corrected chi connectivity index (χ0v) is 37.6. The van der Waals surface area contributed by atoms with Gasteiger partial charge in [-0.25, -0.2) is 9.78 Å². The van der Waals surface area contributed by atoms with E-state index in [-0.39, 0.29) is 42.1 Å². The fourth-order valence-electron chi connectivity index (χ4n) is 8.65. The molecule has 3 aliphatic rings. The van der Waals surface area contributed by atoms with Gasteiger partial charge < -0.3 is 30.2 Å². The zero-order chi connectivity index (χ0) is 47.2. The molecule has 352 valence electrons. The number of rotatable bonds is 21. The van der Waals surface area contributed by atoms with E-state index in [2.05, 4.69) is 37.4 Å². The number of nitriles is 1. The van der Waals surface area contributed by atoms with Crippen LogP contribution in [0, 0.1) is 11.3 Å². The average molecular weight is 923 g/mol. The normalized spacial score (nSPS) is 17.9. The van der Waals surface area contributed by atoms with Crippen LogP contribution in [0.1, 0.15) is 70.4 Å². The molecule has 4 heterocycles. The van der Waals surface area contributed by atoms with Crippen LogP contribution in [0.5, 0.6) is 0 Å². The van der Waals surface area contributed by atoms with Gasteiger partial charge in [-0.15, -0.1) is 0 Å². The number of amides is 6. The van der Waals surface area contributed by atoms with E-state index in [1.54, 1.807) is 30.5 Å². The van der Waals surface area contributed by atoms with Gasteiger partial charge in [0, 0.05) is 60.9 Å². The van der Waals surface area contributed by atoms with Gasteiger partial charge in [0.1, 0.15) is 17.9 Å². The molecule has 6 amide bonds. The number of nitrogens with zero attached hydrogens (tertiary/aromatic N) is 6. The third-order valence-electron chi connectivity index (χ3n) is 12.2. The second kappa shape index (κ2) is 22.8. The van der Waals surface area contributed by atoms with Crippen LogP contribution < -0.4 is 26.2 Å². The van der Waals surface area contributed by atoms with Crippen LogP contribution in [0.15, 0.2) is 104 Å². The van der Waals surface area contributed by atoms with Crippen LogP contribution in [-0.4, -0.2) is 114 Å². The Morgan fingerprint density at radius 3 is 2.26 bits per heavy atom. The molecule has 1 atom stereocenters. The van der Waals surface area contributed by atoms with Gasteiger partial charge in [0.2, 0.25) is 11.8 Å². The molecule has 4 N–H and O–H groups in total. The van der Waals surface area contributed by atoms with Crippen molar-refractivity contribution in [2.45, 2.75) is 69.7 Å². The summed E-state index contributed by atoms with van der Waals surface area (Å²) in [7, 11) is 0. The van der Waals surface area contributed by atoms with Crippen molar-refractivity contribution in [3.05, 3.63) is 126 Å². The number of pyridine rings is 1. The molecule has 2 fully saturated rings. The third-order valence-corrected chi connectivity index (χ3v) is 12.2. The minimum absolute atomic E-state index is 0.00953. The maximum Gasteiger partial charge on any atom is 0.322 e. The summed E-state index contributed by atoms with van der Waals surface area (Å²) in [5.74, 6) is -1.45.